The fourth-order valence-corrected chi connectivity index (χ4v) is 3.24. The molecule has 2 aliphatic rings. The molecule has 130 valence electrons. The van der Waals surface area contributed by atoms with Crippen molar-refractivity contribution in [1.82, 2.24) is 5.32 Å². The standard InChI is InChI=1S/C17H19F2NO4/c18-17(19)6-3-10(4-7-17)15(21)20-14(16(22)23)12-1-2-13-11(9-12)5-8-24-13/h1-2,9-10,14H,3-8H2,(H,20,21)(H,22,23)/t14-/m0/s1. The third-order valence-corrected chi connectivity index (χ3v) is 4.67. The molecule has 1 aromatic rings. The third-order valence-electron chi connectivity index (χ3n) is 4.67. The Hall–Kier alpha value is -2.18. The lowest BCUT2D eigenvalue weighted by atomic mass is 9.86. The summed E-state index contributed by atoms with van der Waals surface area (Å²) >= 11 is 0. The molecule has 2 N–H and O–H groups in total. The van der Waals surface area contributed by atoms with Gasteiger partial charge in [-0.05, 0) is 36.1 Å². The van der Waals surface area contributed by atoms with Gasteiger partial charge in [-0.3, -0.25) is 4.79 Å². The Labute approximate surface area is 138 Å². The Morgan fingerprint density at radius 2 is 2.00 bits per heavy atom. The van der Waals surface area contributed by atoms with E-state index >= 15 is 0 Å². The number of rotatable bonds is 4. The van der Waals surface area contributed by atoms with Crippen LogP contribution in [0, 0.1) is 5.92 Å². The molecular formula is C17H19F2NO4. The second kappa shape index (κ2) is 6.37. The van der Waals surface area contributed by atoms with Gasteiger partial charge in [0, 0.05) is 25.2 Å². The number of alkyl halides is 2. The topological polar surface area (TPSA) is 75.6 Å². The molecule has 0 bridgehead atoms. The Morgan fingerprint density at radius 3 is 2.67 bits per heavy atom. The number of halogens is 2. The van der Waals surface area contributed by atoms with Gasteiger partial charge in [-0.1, -0.05) is 6.07 Å². The largest absolute Gasteiger partial charge is 0.493 e. The Bertz CT molecular complexity index is 652. The van der Waals surface area contributed by atoms with Gasteiger partial charge in [-0.2, -0.15) is 0 Å². The molecule has 3 rings (SSSR count). The first kappa shape index (κ1) is 16.7. The predicted octanol–water partition coefficient (Wildman–Crippen LogP) is 2.69. The lowest BCUT2D eigenvalue weighted by Crippen LogP contribution is -2.40. The van der Waals surface area contributed by atoms with Crippen LogP contribution in [0.15, 0.2) is 18.2 Å². The van der Waals surface area contributed by atoms with E-state index in [0.29, 0.717) is 18.6 Å². The van der Waals surface area contributed by atoms with Crippen LogP contribution in [0.3, 0.4) is 0 Å². The number of hydrogen-bond donors (Lipinski definition) is 2. The Kier molecular flexibility index (Phi) is 4.43. The van der Waals surface area contributed by atoms with Crippen LogP contribution in [0.2, 0.25) is 0 Å². The number of carboxylic acid groups (broad SMARTS) is 1. The van der Waals surface area contributed by atoms with Crippen molar-refractivity contribution in [2.75, 3.05) is 6.61 Å². The van der Waals surface area contributed by atoms with E-state index in [1.54, 1.807) is 18.2 Å². The maximum Gasteiger partial charge on any atom is 0.330 e. The highest BCUT2D eigenvalue weighted by Crippen LogP contribution is 2.36. The van der Waals surface area contributed by atoms with Gasteiger partial charge in [0.05, 0.1) is 6.61 Å². The molecule has 1 aliphatic carbocycles. The highest BCUT2D eigenvalue weighted by molar-refractivity contribution is 5.86. The van der Waals surface area contributed by atoms with Crippen molar-refractivity contribution >= 4 is 11.9 Å². The second-order valence-corrected chi connectivity index (χ2v) is 6.38. The summed E-state index contributed by atoms with van der Waals surface area (Å²) in [6.45, 7) is 0.555. The molecule has 1 fully saturated rings. The van der Waals surface area contributed by atoms with Gasteiger partial charge in [-0.25, -0.2) is 13.6 Å². The zero-order chi connectivity index (χ0) is 17.3. The van der Waals surface area contributed by atoms with Crippen LogP contribution in [0.25, 0.3) is 0 Å². The SMILES string of the molecule is O=C(N[C@H](C(=O)O)c1ccc2c(c1)CCO2)C1CCC(F)(F)CC1. The quantitative estimate of drug-likeness (QED) is 0.884. The smallest absolute Gasteiger partial charge is 0.330 e. The van der Waals surface area contributed by atoms with Gasteiger partial charge in [0.15, 0.2) is 6.04 Å². The van der Waals surface area contributed by atoms with Crippen LogP contribution in [0.5, 0.6) is 5.75 Å². The van der Waals surface area contributed by atoms with Crippen molar-refractivity contribution in [3.05, 3.63) is 29.3 Å². The molecular weight excluding hydrogens is 320 g/mol. The lowest BCUT2D eigenvalue weighted by Gasteiger charge is -2.28. The summed E-state index contributed by atoms with van der Waals surface area (Å²) in [6, 6.07) is 3.83. The van der Waals surface area contributed by atoms with E-state index in [4.69, 9.17) is 4.74 Å². The van der Waals surface area contributed by atoms with Crippen LogP contribution >= 0.6 is 0 Å². The van der Waals surface area contributed by atoms with Crippen LogP contribution in [0.4, 0.5) is 8.78 Å². The molecule has 0 aromatic heterocycles. The Morgan fingerprint density at radius 1 is 1.29 bits per heavy atom. The summed E-state index contributed by atoms with van der Waals surface area (Å²) in [7, 11) is 0. The molecule has 24 heavy (non-hydrogen) atoms. The minimum atomic E-state index is -2.72. The van der Waals surface area contributed by atoms with E-state index in [1.165, 1.54) is 0 Å². The van der Waals surface area contributed by atoms with Crippen molar-refractivity contribution in [2.45, 2.75) is 44.1 Å². The van der Waals surface area contributed by atoms with E-state index in [-0.39, 0.29) is 25.7 Å². The summed E-state index contributed by atoms with van der Waals surface area (Å²) in [4.78, 5) is 23.8. The maximum atomic E-state index is 13.2. The number of aliphatic carboxylic acids is 1. The molecule has 0 radical (unpaired) electrons. The lowest BCUT2D eigenvalue weighted by molar-refractivity contribution is -0.143. The number of hydrogen-bond acceptors (Lipinski definition) is 3. The van der Waals surface area contributed by atoms with E-state index in [2.05, 4.69) is 5.32 Å². The number of amides is 1. The van der Waals surface area contributed by atoms with Gasteiger partial charge in [-0.15, -0.1) is 0 Å². The summed E-state index contributed by atoms with van der Waals surface area (Å²) in [6.07, 6.45) is 0.172. The van der Waals surface area contributed by atoms with Crippen molar-refractivity contribution in [3.8, 4) is 5.75 Å². The summed E-state index contributed by atoms with van der Waals surface area (Å²) in [5, 5.41) is 11.9. The normalized spacial score (nSPS) is 20.8. The molecule has 1 aliphatic heterocycles. The van der Waals surface area contributed by atoms with Crippen molar-refractivity contribution < 1.29 is 28.2 Å². The average molecular weight is 339 g/mol. The molecule has 0 saturated heterocycles. The zero-order valence-corrected chi connectivity index (χ0v) is 13.1. The molecule has 0 spiro atoms. The average Bonchev–Trinajstić information content (AvgIpc) is 2.99. The van der Waals surface area contributed by atoms with Crippen LogP contribution in [-0.4, -0.2) is 29.5 Å². The zero-order valence-electron chi connectivity index (χ0n) is 13.1. The van der Waals surface area contributed by atoms with E-state index in [9.17, 15) is 23.5 Å². The molecule has 1 amide bonds. The maximum absolute atomic E-state index is 13.2. The highest BCUT2D eigenvalue weighted by Gasteiger charge is 2.38. The van der Waals surface area contributed by atoms with Gasteiger partial charge >= 0.3 is 5.97 Å². The van der Waals surface area contributed by atoms with Crippen molar-refractivity contribution in [2.24, 2.45) is 5.92 Å². The van der Waals surface area contributed by atoms with Gasteiger partial charge < -0.3 is 15.2 Å². The number of carbonyl (C=O) groups is 2. The highest BCUT2D eigenvalue weighted by atomic mass is 19.3. The van der Waals surface area contributed by atoms with Gasteiger partial charge in [0.2, 0.25) is 11.8 Å². The Balaban J connectivity index is 1.70. The van der Waals surface area contributed by atoms with Crippen molar-refractivity contribution in [1.29, 1.82) is 0 Å². The molecule has 0 unspecified atom stereocenters. The van der Waals surface area contributed by atoms with Crippen LogP contribution in [0.1, 0.15) is 42.9 Å². The number of carboxylic acids is 1. The minimum absolute atomic E-state index is 0.0726. The molecule has 1 atom stereocenters. The number of benzene rings is 1. The minimum Gasteiger partial charge on any atom is -0.493 e. The molecule has 1 heterocycles. The molecule has 5 nitrogen and oxygen atoms in total. The molecule has 1 aromatic carbocycles. The fourth-order valence-electron chi connectivity index (χ4n) is 3.24. The van der Waals surface area contributed by atoms with Crippen LogP contribution < -0.4 is 10.1 Å². The first-order chi connectivity index (χ1) is 11.4. The number of fused-ring (bicyclic) bond motifs is 1. The number of ether oxygens (including phenoxy) is 1. The number of carbonyl (C=O) groups excluding carboxylic acids is 1. The van der Waals surface area contributed by atoms with E-state index in [0.717, 1.165) is 11.3 Å². The number of nitrogens with one attached hydrogen (secondary N) is 1. The van der Waals surface area contributed by atoms with Gasteiger partial charge in [0.1, 0.15) is 5.75 Å². The van der Waals surface area contributed by atoms with E-state index < -0.39 is 29.8 Å². The predicted molar refractivity (Wildman–Crippen MR) is 81.1 cm³/mol. The van der Waals surface area contributed by atoms with Crippen LogP contribution in [-0.2, 0) is 16.0 Å². The van der Waals surface area contributed by atoms with Gasteiger partial charge in [0.25, 0.3) is 0 Å². The molecule has 1 saturated carbocycles. The van der Waals surface area contributed by atoms with E-state index in [1.807, 2.05) is 0 Å². The monoisotopic (exact) mass is 339 g/mol. The summed E-state index contributed by atoms with van der Waals surface area (Å²) < 4.78 is 31.8. The molecule has 7 heteroatoms. The fraction of sp³-hybridized carbons (Fsp3) is 0.529. The van der Waals surface area contributed by atoms with Crippen molar-refractivity contribution in [3.63, 3.8) is 0 Å². The summed E-state index contributed by atoms with van der Waals surface area (Å²) in [5.74, 6) is -4.21. The third kappa shape index (κ3) is 3.49. The second-order valence-electron chi connectivity index (χ2n) is 6.38. The first-order valence-corrected chi connectivity index (χ1v) is 8.02. The summed E-state index contributed by atoms with van der Waals surface area (Å²) in [5.41, 5.74) is 1.37. The first-order valence-electron chi connectivity index (χ1n) is 8.02.